The normalized spacial score (nSPS) is 14.4. The number of hydrogen-bond acceptors (Lipinski definition) is 4. The van der Waals surface area contributed by atoms with E-state index in [0.717, 1.165) is 17.7 Å². The van der Waals surface area contributed by atoms with Gasteiger partial charge in [0, 0.05) is 15.4 Å². The third kappa shape index (κ3) is 2.66. The van der Waals surface area contributed by atoms with Crippen molar-refractivity contribution in [1.82, 2.24) is 14.8 Å². The molecule has 20 heavy (non-hydrogen) atoms. The Morgan fingerprint density at radius 3 is 2.85 bits per heavy atom. The molecule has 0 atom stereocenters. The maximum absolute atomic E-state index is 11.7. The van der Waals surface area contributed by atoms with Gasteiger partial charge in [-0.05, 0) is 42.8 Å². The van der Waals surface area contributed by atoms with Gasteiger partial charge >= 0.3 is 11.7 Å². The molecule has 3 rings (SSSR count). The van der Waals surface area contributed by atoms with Crippen molar-refractivity contribution in [1.29, 1.82) is 0 Å². The number of aromatic nitrogens is 3. The summed E-state index contributed by atoms with van der Waals surface area (Å²) in [7, 11) is 0. The van der Waals surface area contributed by atoms with Gasteiger partial charge in [0.25, 0.3) is 0 Å². The van der Waals surface area contributed by atoms with Crippen LogP contribution in [0.1, 0.15) is 29.2 Å². The minimum absolute atomic E-state index is 0.192. The summed E-state index contributed by atoms with van der Waals surface area (Å²) < 4.78 is 2.31. The van der Waals surface area contributed by atoms with Crippen LogP contribution in [0.15, 0.2) is 37.5 Å². The molecule has 8 heteroatoms. The van der Waals surface area contributed by atoms with Crippen molar-refractivity contribution in [2.75, 3.05) is 0 Å². The van der Waals surface area contributed by atoms with E-state index in [9.17, 15) is 9.59 Å². The summed E-state index contributed by atoms with van der Waals surface area (Å²) in [4.78, 5) is 23.4. The van der Waals surface area contributed by atoms with E-state index in [0.29, 0.717) is 9.63 Å². The number of nitrogens with zero attached hydrogens (tertiary/aromatic N) is 2. The number of nitrogens with one attached hydrogen (secondary N) is 1. The predicted molar refractivity (Wildman–Crippen MR) is 76.3 cm³/mol. The Kier molecular flexibility index (Phi) is 3.43. The van der Waals surface area contributed by atoms with E-state index < -0.39 is 5.97 Å². The topological polar surface area (TPSA) is 88.0 Å². The molecule has 1 aliphatic rings. The summed E-state index contributed by atoms with van der Waals surface area (Å²) in [5.41, 5.74) is -0.0267. The second-order valence-electron chi connectivity index (χ2n) is 4.50. The molecule has 0 spiro atoms. The van der Waals surface area contributed by atoms with Crippen LogP contribution < -0.4 is 5.69 Å². The van der Waals surface area contributed by atoms with Crippen LogP contribution in [-0.4, -0.2) is 25.8 Å². The Morgan fingerprint density at radius 2 is 2.20 bits per heavy atom. The van der Waals surface area contributed by atoms with Gasteiger partial charge in [-0.25, -0.2) is 14.7 Å². The lowest BCUT2D eigenvalue weighted by molar-refractivity contribution is 0.0696. The lowest BCUT2D eigenvalue weighted by atomic mass is 10.2. The van der Waals surface area contributed by atoms with E-state index >= 15 is 0 Å². The van der Waals surface area contributed by atoms with Crippen molar-refractivity contribution < 1.29 is 9.90 Å². The maximum Gasteiger partial charge on any atom is 0.344 e. The van der Waals surface area contributed by atoms with Gasteiger partial charge in [-0.15, -0.1) is 5.10 Å². The molecule has 1 saturated carbocycles. The van der Waals surface area contributed by atoms with E-state index in [2.05, 4.69) is 26.1 Å². The molecule has 6 nitrogen and oxygen atoms in total. The van der Waals surface area contributed by atoms with Crippen molar-refractivity contribution in [3.8, 4) is 0 Å². The summed E-state index contributed by atoms with van der Waals surface area (Å²) in [5, 5.41) is 16.1. The Bertz CT molecular complexity index is 736. The molecular weight excluding hydrogens is 346 g/mol. The number of rotatable bonds is 4. The summed E-state index contributed by atoms with van der Waals surface area (Å²) >= 11 is 4.56. The fourth-order valence-electron chi connectivity index (χ4n) is 1.87. The fraction of sp³-hybridized carbons (Fsp3) is 0.250. The first-order valence-corrected chi connectivity index (χ1v) is 7.54. The molecule has 0 bridgehead atoms. The average Bonchev–Trinajstić information content (AvgIpc) is 3.14. The highest BCUT2D eigenvalue weighted by Gasteiger charge is 2.28. The van der Waals surface area contributed by atoms with Crippen LogP contribution in [0.5, 0.6) is 0 Å². The second kappa shape index (κ2) is 5.10. The highest BCUT2D eigenvalue weighted by atomic mass is 79.9. The zero-order chi connectivity index (χ0) is 14.3. The molecule has 104 valence electrons. The molecule has 1 aromatic heterocycles. The van der Waals surface area contributed by atoms with Crippen LogP contribution in [0, 0.1) is 0 Å². The number of halogens is 1. The smallest absolute Gasteiger partial charge is 0.344 e. The van der Waals surface area contributed by atoms with Crippen LogP contribution in [0.2, 0.25) is 0 Å². The monoisotopic (exact) mass is 355 g/mol. The zero-order valence-electron chi connectivity index (χ0n) is 10.2. The van der Waals surface area contributed by atoms with Crippen LogP contribution in [-0.2, 0) is 0 Å². The van der Waals surface area contributed by atoms with Gasteiger partial charge in [0.15, 0.2) is 5.16 Å². The zero-order valence-corrected chi connectivity index (χ0v) is 12.6. The number of carboxylic acids is 1. The highest BCUT2D eigenvalue weighted by Crippen LogP contribution is 2.38. The van der Waals surface area contributed by atoms with E-state index in [1.807, 2.05) is 0 Å². The largest absolute Gasteiger partial charge is 0.478 e. The van der Waals surface area contributed by atoms with Gasteiger partial charge in [-0.3, -0.25) is 4.57 Å². The first kappa shape index (κ1) is 13.4. The molecule has 1 fully saturated rings. The number of aromatic carboxylic acids is 1. The molecule has 2 N–H and O–H groups in total. The third-order valence-corrected chi connectivity index (χ3v) is 4.31. The third-order valence-electron chi connectivity index (χ3n) is 2.91. The van der Waals surface area contributed by atoms with Crippen molar-refractivity contribution in [3.63, 3.8) is 0 Å². The Hall–Kier alpha value is -1.54. The Balaban J connectivity index is 1.95. The molecular formula is C12H10BrN3O3S. The highest BCUT2D eigenvalue weighted by molar-refractivity contribution is 9.10. The quantitative estimate of drug-likeness (QED) is 0.879. The van der Waals surface area contributed by atoms with Gasteiger partial charge in [0.1, 0.15) is 0 Å². The fourth-order valence-corrected chi connectivity index (χ4v) is 3.52. The van der Waals surface area contributed by atoms with Crippen molar-refractivity contribution in [2.45, 2.75) is 28.9 Å². The van der Waals surface area contributed by atoms with Gasteiger partial charge in [0.05, 0.1) is 5.56 Å². The Labute approximate surface area is 126 Å². The summed E-state index contributed by atoms with van der Waals surface area (Å²) in [5.74, 6) is -0.991. The SMILES string of the molecule is O=C(O)c1cc(Br)cc(Sc2n[nH]c(=O)n2C2CC2)c1. The molecule has 0 aliphatic heterocycles. The van der Waals surface area contributed by atoms with Gasteiger partial charge in [-0.1, -0.05) is 15.9 Å². The van der Waals surface area contributed by atoms with E-state index in [1.54, 1.807) is 16.7 Å². The molecule has 0 amide bonds. The number of hydrogen-bond donors (Lipinski definition) is 2. The van der Waals surface area contributed by atoms with Crippen LogP contribution in [0.4, 0.5) is 0 Å². The molecule has 2 aromatic rings. The standard InChI is InChI=1S/C12H10BrN3O3S/c13-7-3-6(10(17)18)4-9(5-7)20-12-15-14-11(19)16(12)8-1-2-8/h3-5,8H,1-2H2,(H,14,19)(H,17,18). The molecule has 0 saturated heterocycles. The Morgan fingerprint density at radius 1 is 1.45 bits per heavy atom. The molecule has 1 heterocycles. The number of carbonyl (C=O) groups is 1. The maximum atomic E-state index is 11.7. The lowest BCUT2D eigenvalue weighted by Crippen LogP contribution is -2.16. The van der Waals surface area contributed by atoms with Gasteiger partial charge < -0.3 is 5.11 Å². The molecule has 1 aromatic carbocycles. The van der Waals surface area contributed by atoms with Crippen LogP contribution in [0.25, 0.3) is 0 Å². The number of benzene rings is 1. The minimum Gasteiger partial charge on any atom is -0.478 e. The number of H-pyrrole nitrogens is 1. The predicted octanol–water partition coefficient (Wildman–Crippen LogP) is 2.52. The van der Waals surface area contributed by atoms with E-state index in [4.69, 9.17) is 5.11 Å². The second-order valence-corrected chi connectivity index (χ2v) is 6.45. The summed E-state index contributed by atoms with van der Waals surface area (Å²) in [6.45, 7) is 0. The van der Waals surface area contributed by atoms with Gasteiger partial charge in [0.2, 0.25) is 0 Å². The summed E-state index contributed by atoms with van der Waals surface area (Å²) in [6.07, 6.45) is 1.96. The van der Waals surface area contributed by atoms with Crippen molar-refractivity contribution >= 4 is 33.7 Å². The van der Waals surface area contributed by atoms with Gasteiger partial charge in [-0.2, -0.15) is 0 Å². The summed E-state index contributed by atoms with van der Waals surface area (Å²) in [6, 6.07) is 5.11. The first-order chi connectivity index (χ1) is 9.54. The van der Waals surface area contributed by atoms with Crippen LogP contribution in [0.3, 0.4) is 0 Å². The number of aromatic amines is 1. The molecule has 0 unspecified atom stereocenters. The minimum atomic E-state index is -0.991. The van der Waals surface area contributed by atoms with Crippen LogP contribution >= 0.6 is 27.7 Å². The number of carboxylic acid groups (broad SMARTS) is 1. The molecule has 1 aliphatic carbocycles. The van der Waals surface area contributed by atoms with Crippen molar-refractivity contribution in [3.05, 3.63) is 38.7 Å². The van der Waals surface area contributed by atoms with Crippen molar-refractivity contribution in [2.24, 2.45) is 0 Å². The van der Waals surface area contributed by atoms with E-state index in [1.165, 1.54) is 17.8 Å². The molecule has 0 radical (unpaired) electrons. The van der Waals surface area contributed by atoms with E-state index in [-0.39, 0.29) is 17.3 Å². The lowest BCUT2D eigenvalue weighted by Gasteiger charge is -2.05. The first-order valence-electron chi connectivity index (χ1n) is 5.93. The average molecular weight is 356 g/mol.